The molecule has 2 rings (SSSR count). The van der Waals surface area contributed by atoms with Gasteiger partial charge >= 0.3 is 0 Å². The van der Waals surface area contributed by atoms with Gasteiger partial charge in [-0.3, -0.25) is 20.2 Å². The van der Waals surface area contributed by atoms with E-state index in [0.717, 1.165) is 0 Å². The first-order valence-electron chi connectivity index (χ1n) is 5.58. The Balaban J connectivity index is 2.25. The molecular formula is C12H10ClN3O3S. The van der Waals surface area contributed by atoms with Crippen molar-refractivity contribution in [3.63, 3.8) is 0 Å². The molecule has 1 aromatic heterocycles. The molecule has 0 aliphatic rings. The number of nitrogens with zero attached hydrogens (tertiary/aromatic N) is 2. The number of anilines is 1. The number of nitro benzene ring substituents is 1. The van der Waals surface area contributed by atoms with Crippen LogP contribution >= 0.6 is 22.9 Å². The van der Waals surface area contributed by atoms with E-state index in [1.807, 2.05) is 0 Å². The van der Waals surface area contributed by atoms with Crippen molar-refractivity contribution >= 4 is 39.7 Å². The van der Waals surface area contributed by atoms with Crippen molar-refractivity contribution in [2.75, 3.05) is 5.32 Å². The number of halogens is 1. The fourth-order valence-corrected chi connectivity index (χ4v) is 2.59. The van der Waals surface area contributed by atoms with Crippen LogP contribution in [0, 0.1) is 17.0 Å². The average molecular weight is 312 g/mol. The lowest BCUT2D eigenvalue weighted by Crippen LogP contribution is -2.14. The van der Waals surface area contributed by atoms with E-state index in [9.17, 15) is 14.9 Å². The maximum Gasteiger partial charge on any atom is 0.273 e. The summed E-state index contributed by atoms with van der Waals surface area (Å²) in [6.45, 7) is 1.54. The summed E-state index contributed by atoms with van der Waals surface area (Å²) in [5.74, 6) is -0.163. The molecule has 0 bridgehead atoms. The van der Waals surface area contributed by atoms with Gasteiger partial charge in [0.25, 0.3) is 11.6 Å². The highest BCUT2D eigenvalue weighted by atomic mass is 35.5. The van der Waals surface area contributed by atoms with Gasteiger partial charge in [-0.25, -0.2) is 4.98 Å². The molecule has 0 fully saturated rings. The fourth-order valence-electron chi connectivity index (χ4n) is 1.66. The van der Waals surface area contributed by atoms with Crippen molar-refractivity contribution in [3.05, 3.63) is 50.5 Å². The summed E-state index contributed by atoms with van der Waals surface area (Å²) in [5, 5.41) is 15.6. The molecule has 6 nitrogen and oxygen atoms in total. The lowest BCUT2D eigenvalue weighted by Gasteiger charge is -2.05. The molecule has 1 aromatic carbocycles. The molecule has 0 radical (unpaired) electrons. The Kier molecular flexibility index (Phi) is 4.31. The first-order chi connectivity index (χ1) is 9.52. The van der Waals surface area contributed by atoms with Crippen LogP contribution in [0.1, 0.15) is 21.6 Å². The predicted molar refractivity (Wildman–Crippen MR) is 77.5 cm³/mol. The number of benzene rings is 1. The normalized spacial score (nSPS) is 10.3. The first-order valence-corrected chi connectivity index (χ1v) is 7.00. The van der Waals surface area contributed by atoms with Gasteiger partial charge in [0.1, 0.15) is 0 Å². The Morgan fingerprint density at radius 3 is 2.90 bits per heavy atom. The van der Waals surface area contributed by atoms with Crippen LogP contribution in [0.2, 0.25) is 0 Å². The van der Waals surface area contributed by atoms with Gasteiger partial charge in [-0.2, -0.15) is 0 Å². The Morgan fingerprint density at radius 1 is 1.55 bits per heavy atom. The predicted octanol–water partition coefficient (Wildman–Crippen LogP) is 3.35. The SMILES string of the molecule is Cc1c(C(=O)Nc2nc(CCl)cs2)cccc1[N+](=O)[O-]. The van der Waals surface area contributed by atoms with Gasteiger partial charge in [-0.15, -0.1) is 22.9 Å². The van der Waals surface area contributed by atoms with E-state index in [4.69, 9.17) is 11.6 Å². The molecular weight excluding hydrogens is 302 g/mol. The average Bonchev–Trinajstić information content (AvgIpc) is 2.86. The fraction of sp³-hybridized carbons (Fsp3) is 0.167. The van der Waals surface area contributed by atoms with Crippen LogP contribution in [0.3, 0.4) is 0 Å². The number of nitro groups is 1. The number of hydrogen-bond donors (Lipinski definition) is 1. The zero-order valence-corrected chi connectivity index (χ0v) is 12.0. The molecule has 1 heterocycles. The van der Waals surface area contributed by atoms with Crippen LogP contribution in [0.5, 0.6) is 0 Å². The van der Waals surface area contributed by atoms with Crippen molar-refractivity contribution < 1.29 is 9.72 Å². The number of thiazole rings is 1. The van der Waals surface area contributed by atoms with Crippen LogP contribution < -0.4 is 5.32 Å². The summed E-state index contributed by atoms with van der Waals surface area (Å²) in [4.78, 5) is 26.5. The number of amides is 1. The Labute approximate surface area is 123 Å². The number of nitrogens with one attached hydrogen (secondary N) is 1. The molecule has 0 aliphatic heterocycles. The summed E-state index contributed by atoms with van der Waals surface area (Å²) >= 11 is 6.88. The van der Waals surface area contributed by atoms with Crippen LogP contribution in [0.4, 0.5) is 10.8 Å². The van der Waals surface area contributed by atoms with Gasteiger partial charge in [0.2, 0.25) is 0 Å². The second kappa shape index (κ2) is 5.98. The lowest BCUT2D eigenvalue weighted by atomic mass is 10.1. The van der Waals surface area contributed by atoms with Crippen LogP contribution in [0.15, 0.2) is 23.6 Å². The highest BCUT2D eigenvalue weighted by molar-refractivity contribution is 7.14. The van der Waals surface area contributed by atoms with Crippen molar-refractivity contribution in [1.82, 2.24) is 4.98 Å². The lowest BCUT2D eigenvalue weighted by molar-refractivity contribution is -0.385. The molecule has 0 spiro atoms. The van der Waals surface area contributed by atoms with Gasteiger partial charge in [0.15, 0.2) is 5.13 Å². The van der Waals surface area contributed by atoms with E-state index >= 15 is 0 Å². The van der Waals surface area contributed by atoms with E-state index in [1.54, 1.807) is 12.3 Å². The van der Waals surface area contributed by atoms with Crippen molar-refractivity contribution in [1.29, 1.82) is 0 Å². The maximum atomic E-state index is 12.1. The Bertz CT molecular complexity index is 672. The zero-order chi connectivity index (χ0) is 14.7. The van der Waals surface area contributed by atoms with Gasteiger partial charge < -0.3 is 0 Å². The second-order valence-corrected chi connectivity index (χ2v) is 5.06. The van der Waals surface area contributed by atoms with E-state index in [2.05, 4.69) is 10.3 Å². The van der Waals surface area contributed by atoms with E-state index in [0.29, 0.717) is 16.4 Å². The molecule has 1 amide bonds. The van der Waals surface area contributed by atoms with E-state index < -0.39 is 10.8 Å². The summed E-state index contributed by atoms with van der Waals surface area (Å²) in [6, 6.07) is 4.38. The van der Waals surface area contributed by atoms with Crippen LogP contribution in [-0.2, 0) is 5.88 Å². The standard InChI is InChI=1S/C12H10ClN3O3S/c1-7-9(3-2-4-10(7)16(18)19)11(17)15-12-14-8(5-13)6-20-12/h2-4,6H,5H2,1H3,(H,14,15,17). The molecule has 0 aliphatic carbocycles. The van der Waals surface area contributed by atoms with Gasteiger partial charge in [0, 0.05) is 22.6 Å². The number of aromatic nitrogens is 1. The quantitative estimate of drug-likeness (QED) is 0.533. The third kappa shape index (κ3) is 2.94. The molecule has 0 atom stereocenters. The van der Waals surface area contributed by atoms with Gasteiger partial charge in [-0.05, 0) is 13.0 Å². The number of rotatable bonds is 4. The molecule has 2 aromatic rings. The summed E-state index contributed by atoms with van der Waals surface area (Å²) in [7, 11) is 0. The second-order valence-electron chi connectivity index (χ2n) is 3.94. The van der Waals surface area contributed by atoms with E-state index in [-0.39, 0.29) is 17.1 Å². The van der Waals surface area contributed by atoms with Crippen LogP contribution in [-0.4, -0.2) is 15.8 Å². The van der Waals surface area contributed by atoms with Gasteiger partial charge in [-0.1, -0.05) is 6.07 Å². The maximum absolute atomic E-state index is 12.1. The van der Waals surface area contributed by atoms with Crippen molar-refractivity contribution in [2.45, 2.75) is 12.8 Å². The number of hydrogen-bond acceptors (Lipinski definition) is 5. The number of carbonyl (C=O) groups is 1. The number of alkyl halides is 1. The van der Waals surface area contributed by atoms with Crippen molar-refractivity contribution in [2.24, 2.45) is 0 Å². The monoisotopic (exact) mass is 311 g/mol. The largest absolute Gasteiger partial charge is 0.298 e. The minimum Gasteiger partial charge on any atom is -0.298 e. The Morgan fingerprint density at radius 2 is 2.30 bits per heavy atom. The molecule has 20 heavy (non-hydrogen) atoms. The molecule has 8 heteroatoms. The zero-order valence-electron chi connectivity index (χ0n) is 10.4. The highest BCUT2D eigenvalue weighted by Crippen LogP contribution is 2.23. The first kappa shape index (κ1) is 14.4. The van der Waals surface area contributed by atoms with Gasteiger partial charge in [0.05, 0.1) is 16.5 Å². The van der Waals surface area contributed by atoms with E-state index in [1.165, 1.54) is 29.5 Å². The summed E-state index contributed by atoms with van der Waals surface area (Å²) in [6.07, 6.45) is 0. The molecule has 1 N–H and O–H groups in total. The van der Waals surface area contributed by atoms with Crippen molar-refractivity contribution in [3.8, 4) is 0 Å². The minimum atomic E-state index is -0.513. The molecule has 0 unspecified atom stereocenters. The molecule has 0 saturated carbocycles. The summed E-state index contributed by atoms with van der Waals surface area (Å²) in [5.41, 5.74) is 1.16. The Hall–Kier alpha value is -1.99. The topological polar surface area (TPSA) is 85.1 Å². The smallest absolute Gasteiger partial charge is 0.273 e. The third-order valence-corrected chi connectivity index (χ3v) is 3.74. The summed E-state index contributed by atoms with van der Waals surface area (Å²) < 4.78 is 0. The molecule has 0 saturated heterocycles. The van der Waals surface area contributed by atoms with Crippen LogP contribution in [0.25, 0.3) is 0 Å². The highest BCUT2D eigenvalue weighted by Gasteiger charge is 2.18. The molecule has 104 valence electrons. The third-order valence-electron chi connectivity index (χ3n) is 2.66. The minimum absolute atomic E-state index is 0.0850. The number of carbonyl (C=O) groups excluding carboxylic acids is 1.